The SMILES string of the molecule is CC(C)Oc1ccc(C(=O)N2C[C@H]3CCN(C)C[C@@]3(C(=O)O)C2)cc1. The normalized spacial score (nSPS) is 26.6. The summed E-state index contributed by atoms with van der Waals surface area (Å²) in [6.45, 7) is 6.07. The molecule has 2 atom stereocenters. The van der Waals surface area contributed by atoms with Crippen LogP contribution in [0.4, 0.5) is 0 Å². The first kappa shape index (κ1) is 17.7. The molecule has 0 saturated carbocycles. The average molecular weight is 346 g/mol. The molecular weight excluding hydrogens is 320 g/mol. The topological polar surface area (TPSA) is 70.1 Å². The van der Waals surface area contributed by atoms with Crippen molar-refractivity contribution in [2.45, 2.75) is 26.4 Å². The minimum absolute atomic E-state index is 0.0219. The van der Waals surface area contributed by atoms with Gasteiger partial charge in [-0.05, 0) is 64.0 Å². The molecule has 2 fully saturated rings. The molecule has 3 rings (SSSR count). The number of amides is 1. The maximum atomic E-state index is 12.8. The number of aliphatic carboxylic acids is 1. The molecule has 1 N–H and O–H groups in total. The smallest absolute Gasteiger partial charge is 0.313 e. The van der Waals surface area contributed by atoms with Gasteiger partial charge in [0.15, 0.2) is 0 Å². The molecule has 6 nitrogen and oxygen atoms in total. The summed E-state index contributed by atoms with van der Waals surface area (Å²) in [5, 5.41) is 9.83. The van der Waals surface area contributed by atoms with Crippen molar-refractivity contribution < 1.29 is 19.4 Å². The Morgan fingerprint density at radius 2 is 1.92 bits per heavy atom. The van der Waals surface area contributed by atoms with E-state index in [4.69, 9.17) is 4.74 Å². The number of fused-ring (bicyclic) bond motifs is 1. The molecule has 0 unspecified atom stereocenters. The zero-order valence-corrected chi connectivity index (χ0v) is 15.1. The van der Waals surface area contributed by atoms with Crippen molar-refractivity contribution in [3.8, 4) is 5.75 Å². The highest BCUT2D eigenvalue weighted by atomic mass is 16.5. The van der Waals surface area contributed by atoms with Gasteiger partial charge >= 0.3 is 5.97 Å². The third-order valence-corrected chi connectivity index (χ3v) is 5.29. The number of carbonyl (C=O) groups is 2. The van der Waals surface area contributed by atoms with Crippen LogP contribution in [-0.2, 0) is 4.79 Å². The number of carbonyl (C=O) groups excluding carboxylic acids is 1. The van der Waals surface area contributed by atoms with Crippen LogP contribution in [0.25, 0.3) is 0 Å². The van der Waals surface area contributed by atoms with Crippen molar-refractivity contribution in [1.29, 1.82) is 0 Å². The van der Waals surface area contributed by atoms with E-state index in [2.05, 4.69) is 4.90 Å². The van der Waals surface area contributed by atoms with Gasteiger partial charge < -0.3 is 19.6 Å². The molecule has 25 heavy (non-hydrogen) atoms. The Hall–Kier alpha value is -2.08. The number of likely N-dealkylation sites (tertiary alicyclic amines) is 2. The molecule has 136 valence electrons. The van der Waals surface area contributed by atoms with E-state index in [1.807, 2.05) is 20.9 Å². The fourth-order valence-corrected chi connectivity index (χ4v) is 4.05. The zero-order valence-electron chi connectivity index (χ0n) is 15.1. The number of ether oxygens (including phenoxy) is 1. The van der Waals surface area contributed by atoms with Crippen LogP contribution in [0.5, 0.6) is 5.75 Å². The van der Waals surface area contributed by atoms with Crippen LogP contribution < -0.4 is 4.74 Å². The minimum atomic E-state index is -0.844. The molecule has 0 aromatic heterocycles. The summed E-state index contributed by atoms with van der Waals surface area (Å²) in [5.74, 6) is -0.146. The maximum Gasteiger partial charge on any atom is 0.313 e. The second kappa shape index (κ2) is 6.67. The first-order valence-electron chi connectivity index (χ1n) is 8.80. The van der Waals surface area contributed by atoms with Crippen molar-refractivity contribution in [3.05, 3.63) is 29.8 Å². The van der Waals surface area contributed by atoms with Crippen molar-refractivity contribution >= 4 is 11.9 Å². The maximum absolute atomic E-state index is 12.8. The minimum Gasteiger partial charge on any atom is -0.491 e. The lowest BCUT2D eigenvalue weighted by atomic mass is 9.73. The lowest BCUT2D eigenvalue weighted by Gasteiger charge is -2.39. The van der Waals surface area contributed by atoms with Crippen molar-refractivity contribution in [3.63, 3.8) is 0 Å². The number of hydrogen-bond acceptors (Lipinski definition) is 4. The summed E-state index contributed by atoms with van der Waals surface area (Å²) in [7, 11) is 1.94. The predicted octanol–water partition coefficient (Wildman–Crippen LogP) is 1.95. The van der Waals surface area contributed by atoms with E-state index in [1.54, 1.807) is 29.2 Å². The van der Waals surface area contributed by atoms with Gasteiger partial charge in [-0.25, -0.2) is 0 Å². The van der Waals surface area contributed by atoms with Gasteiger partial charge in [-0.15, -0.1) is 0 Å². The van der Waals surface area contributed by atoms with Crippen LogP contribution in [0.3, 0.4) is 0 Å². The molecule has 1 aromatic rings. The Kier molecular flexibility index (Phi) is 4.73. The predicted molar refractivity (Wildman–Crippen MR) is 93.8 cm³/mol. The number of carboxylic acid groups (broad SMARTS) is 1. The van der Waals surface area contributed by atoms with Gasteiger partial charge in [0.2, 0.25) is 0 Å². The Morgan fingerprint density at radius 1 is 1.24 bits per heavy atom. The Morgan fingerprint density at radius 3 is 2.52 bits per heavy atom. The quantitative estimate of drug-likeness (QED) is 0.902. The summed E-state index contributed by atoms with van der Waals surface area (Å²) in [6.07, 6.45) is 0.893. The van der Waals surface area contributed by atoms with Crippen LogP contribution in [0.2, 0.25) is 0 Å². The van der Waals surface area contributed by atoms with Gasteiger partial charge in [0.1, 0.15) is 11.2 Å². The average Bonchev–Trinajstić information content (AvgIpc) is 2.94. The molecule has 0 spiro atoms. The Balaban J connectivity index is 1.76. The zero-order chi connectivity index (χ0) is 18.2. The largest absolute Gasteiger partial charge is 0.491 e. The molecule has 2 aliphatic heterocycles. The molecule has 6 heteroatoms. The number of rotatable bonds is 4. The van der Waals surface area contributed by atoms with E-state index < -0.39 is 11.4 Å². The van der Waals surface area contributed by atoms with E-state index >= 15 is 0 Å². The van der Waals surface area contributed by atoms with E-state index in [-0.39, 0.29) is 24.5 Å². The first-order valence-corrected chi connectivity index (χ1v) is 8.80. The van der Waals surface area contributed by atoms with E-state index in [9.17, 15) is 14.7 Å². The summed E-state index contributed by atoms with van der Waals surface area (Å²) in [4.78, 5) is 28.6. The van der Waals surface area contributed by atoms with Crippen LogP contribution in [0, 0.1) is 11.3 Å². The molecule has 0 bridgehead atoms. The van der Waals surface area contributed by atoms with Gasteiger partial charge in [0.05, 0.1) is 6.10 Å². The fourth-order valence-electron chi connectivity index (χ4n) is 4.05. The highest BCUT2D eigenvalue weighted by molar-refractivity contribution is 5.95. The third kappa shape index (κ3) is 3.35. The highest BCUT2D eigenvalue weighted by Gasteiger charge is 2.55. The van der Waals surface area contributed by atoms with Crippen LogP contribution >= 0.6 is 0 Å². The van der Waals surface area contributed by atoms with Gasteiger partial charge in [0, 0.05) is 25.2 Å². The fraction of sp³-hybridized carbons (Fsp3) is 0.579. The van der Waals surface area contributed by atoms with Crippen molar-refractivity contribution in [2.75, 3.05) is 33.2 Å². The van der Waals surface area contributed by atoms with Crippen molar-refractivity contribution in [2.24, 2.45) is 11.3 Å². The first-order chi connectivity index (χ1) is 11.8. The standard InChI is InChI=1S/C19H26N2O4/c1-13(2)25-16-6-4-14(5-7-16)17(22)21-10-15-8-9-20(3)11-19(15,12-21)18(23)24/h4-7,13,15H,8-12H2,1-3H3,(H,23,24)/t15-,19-/m1/s1. The third-order valence-electron chi connectivity index (χ3n) is 5.29. The number of hydrogen-bond donors (Lipinski definition) is 1. The summed E-state index contributed by atoms with van der Waals surface area (Å²) < 4.78 is 5.60. The Bertz CT molecular complexity index is 658. The lowest BCUT2D eigenvalue weighted by Crippen LogP contribution is -2.52. The van der Waals surface area contributed by atoms with E-state index in [0.29, 0.717) is 18.7 Å². The Labute approximate surface area is 148 Å². The molecule has 0 aliphatic carbocycles. The second-order valence-electron chi connectivity index (χ2n) is 7.56. The van der Waals surface area contributed by atoms with Gasteiger partial charge in [-0.1, -0.05) is 0 Å². The molecular formula is C19H26N2O4. The number of benzene rings is 1. The summed E-state index contributed by atoms with van der Waals surface area (Å²) >= 11 is 0. The number of carboxylic acids is 1. The summed E-state index contributed by atoms with van der Waals surface area (Å²) in [6, 6.07) is 7.08. The molecule has 1 aromatic carbocycles. The van der Waals surface area contributed by atoms with Crippen LogP contribution in [0.15, 0.2) is 24.3 Å². The molecule has 0 radical (unpaired) electrons. The highest BCUT2D eigenvalue weighted by Crippen LogP contribution is 2.42. The van der Waals surface area contributed by atoms with Gasteiger partial charge in [0.25, 0.3) is 5.91 Å². The second-order valence-corrected chi connectivity index (χ2v) is 7.56. The van der Waals surface area contributed by atoms with Crippen LogP contribution in [0.1, 0.15) is 30.6 Å². The molecule has 2 heterocycles. The van der Waals surface area contributed by atoms with Crippen LogP contribution in [-0.4, -0.2) is 66.1 Å². The number of nitrogens with zero attached hydrogens (tertiary/aromatic N) is 2. The van der Waals surface area contributed by atoms with Crippen molar-refractivity contribution in [1.82, 2.24) is 9.80 Å². The van der Waals surface area contributed by atoms with Gasteiger partial charge in [-0.3, -0.25) is 9.59 Å². The monoisotopic (exact) mass is 346 g/mol. The van der Waals surface area contributed by atoms with E-state index in [0.717, 1.165) is 18.7 Å². The molecule has 1 amide bonds. The molecule has 2 aliphatic rings. The lowest BCUT2D eigenvalue weighted by molar-refractivity contribution is -0.153. The number of piperidine rings is 1. The molecule has 2 saturated heterocycles. The summed E-state index contributed by atoms with van der Waals surface area (Å²) in [5.41, 5.74) is -0.271. The van der Waals surface area contributed by atoms with Gasteiger partial charge in [-0.2, -0.15) is 0 Å². The van der Waals surface area contributed by atoms with E-state index in [1.165, 1.54) is 0 Å².